The van der Waals surface area contributed by atoms with E-state index in [-0.39, 0.29) is 12.4 Å². The zero-order valence-corrected chi connectivity index (χ0v) is 13.0. The van der Waals surface area contributed by atoms with Gasteiger partial charge in [0, 0.05) is 10.7 Å². The molecular weight excluding hydrogens is 288 g/mol. The van der Waals surface area contributed by atoms with Crippen molar-refractivity contribution in [3.63, 3.8) is 0 Å². The molecule has 4 nitrogen and oxygen atoms in total. The van der Waals surface area contributed by atoms with E-state index in [1.807, 2.05) is 26.8 Å². The summed E-state index contributed by atoms with van der Waals surface area (Å²) in [5.74, 6) is 0.656. The maximum Gasteiger partial charge on any atom is 0.234 e. The molecule has 0 aromatic heterocycles. The van der Waals surface area contributed by atoms with Crippen molar-refractivity contribution in [1.82, 2.24) is 0 Å². The first-order valence-electron chi connectivity index (χ1n) is 6.00. The lowest BCUT2D eigenvalue weighted by Gasteiger charge is -2.12. The molecule has 0 aliphatic heterocycles. The van der Waals surface area contributed by atoms with Gasteiger partial charge in [0.1, 0.15) is 12.4 Å². The lowest BCUT2D eigenvalue weighted by atomic mass is 10.1. The first kappa shape index (κ1) is 16.3. The van der Waals surface area contributed by atoms with Crippen molar-refractivity contribution in [2.45, 2.75) is 20.8 Å². The lowest BCUT2D eigenvalue weighted by molar-refractivity contribution is 0.111. The van der Waals surface area contributed by atoms with Gasteiger partial charge in [-0.3, -0.25) is 0 Å². The van der Waals surface area contributed by atoms with Crippen molar-refractivity contribution in [3.8, 4) is 5.75 Å². The minimum Gasteiger partial charge on any atom is -0.491 e. The van der Waals surface area contributed by atoms with Crippen LogP contribution < -0.4 is 4.74 Å². The fourth-order valence-corrected chi connectivity index (χ4v) is 2.13. The van der Waals surface area contributed by atoms with E-state index in [1.54, 1.807) is 0 Å². The second-order valence-electron chi connectivity index (χ2n) is 4.41. The van der Waals surface area contributed by atoms with Gasteiger partial charge in [-0.1, -0.05) is 6.07 Å². The van der Waals surface area contributed by atoms with Crippen molar-refractivity contribution in [2.24, 2.45) is 0 Å². The average Bonchev–Trinajstić information content (AvgIpc) is 2.28. The standard InChI is InChI=1S/C13H19ClO4S/c1-10-8-11(2)12(3)13(9-10)18-5-4-17-6-7-19(14,15)16/h8-9H,4-7H2,1-3H3. The molecule has 0 radical (unpaired) electrons. The molecule has 0 spiro atoms. The highest BCUT2D eigenvalue weighted by atomic mass is 35.7. The summed E-state index contributed by atoms with van der Waals surface area (Å²) in [5.41, 5.74) is 3.44. The van der Waals surface area contributed by atoms with Gasteiger partial charge < -0.3 is 9.47 Å². The number of aryl methyl sites for hydroxylation is 2. The number of rotatable bonds is 7. The van der Waals surface area contributed by atoms with E-state index >= 15 is 0 Å². The van der Waals surface area contributed by atoms with Gasteiger partial charge in [-0.2, -0.15) is 0 Å². The van der Waals surface area contributed by atoms with Gasteiger partial charge in [0.05, 0.1) is 19.0 Å². The summed E-state index contributed by atoms with van der Waals surface area (Å²) >= 11 is 0. The van der Waals surface area contributed by atoms with Gasteiger partial charge in [-0.05, 0) is 43.5 Å². The maximum atomic E-state index is 10.7. The fraction of sp³-hybridized carbons (Fsp3) is 0.538. The van der Waals surface area contributed by atoms with E-state index < -0.39 is 9.05 Å². The molecule has 0 saturated heterocycles. The molecular formula is C13H19ClO4S. The topological polar surface area (TPSA) is 52.6 Å². The summed E-state index contributed by atoms with van der Waals surface area (Å²) in [5, 5.41) is 0. The van der Waals surface area contributed by atoms with Crippen LogP contribution in [0.5, 0.6) is 5.75 Å². The highest BCUT2D eigenvalue weighted by molar-refractivity contribution is 8.13. The molecule has 1 rings (SSSR count). The summed E-state index contributed by atoms with van der Waals surface area (Å²) in [7, 11) is 1.58. The quantitative estimate of drug-likeness (QED) is 0.574. The molecule has 1 aromatic carbocycles. The summed E-state index contributed by atoms with van der Waals surface area (Å²) in [6, 6.07) is 4.08. The van der Waals surface area contributed by atoms with Crippen LogP contribution in [-0.2, 0) is 13.8 Å². The Labute approximate surface area is 119 Å². The molecule has 0 aliphatic carbocycles. The molecule has 0 unspecified atom stereocenters. The average molecular weight is 307 g/mol. The first-order chi connectivity index (χ1) is 8.79. The molecule has 0 aliphatic rings. The lowest BCUT2D eigenvalue weighted by Crippen LogP contribution is -2.12. The summed E-state index contributed by atoms with van der Waals surface area (Å²) in [6.07, 6.45) is 0. The van der Waals surface area contributed by atoms with Crippen LogP contribution in [0.25, 0.3) is 0 Å². The Balaban J connectivity index is 2.34. The van der Waals surface area contributed by atoms with Crippen LogP contribution in [0.15, 0.2) is 12.1 Å². The number of halogens is 1. The molecule has 0 atom stereocenters. The van der Waals surface area contributed by atoms with E-state index in [9.17, 15) is 8.42 Å². The van der Waals surface area contributed by atoms with Crippen molar-refractivity contribution in [2.75, 3.05) is 25.6 Å². The van der Waals surface area contributed by atoms with Crippen LogP contribution in [0.1, 0.15) is 16.7 Å². The van der Waals surface area contributed by atoms with Crippen LogP contribution in [0.3, 0.4) is 0 Å². The van der Waals surface area contributed by atoms with Crippen molar-refractivity contribution in [1.29, 1.82) is 0 Å². The summed E-state index contributed by atoms with van der Waals surface area (Å²) < 4.78 is 32.1. The highest BCUT2D eigenvalue weighted by Gasteiger charge is 2.05. The first-order valence-corrected chi connectivity index (χ1v) is 8.48. The third-order valence-electron chi connectivity index (χ3n) is 2.72. The number of ether oxygens (including phenoxy) is 2. The predicted octanol–water partition coefficient (Wildman–Crippen LogP) is 2.58. The Kier molecular flexibility index (Phi) is 6.10. The van der Waals surface area contributed by atoms with E-state index in [0.717, 1.165) is 16.9 Å². The van der Waals surface area contributed by atoms with Crippen LogP contribution in [-0.4, -0.2) is 34.0 Å². The van der Waals surface area contributed by atoms with E-state index in [0.29, 0.717) is 13.2 Å². The van der Waals surface area contributed by atoms with Crippen LogP contribution in [0.2, 0.25) is 0 Å². The van der Waals surface area contributed by atoms with Crippen LogP contribution in [0, 0.1) is 20.8 Å². The molecule has 19 heavy (non-hydrogen) atoms. The minimum absolute atomic E-state index is 0.0843. The van der Waals surface area contributed by atoms with Crippen molar-refractivity contribution >= 4 is 19.7 Å². The zero-order chi connectivity index (χ0) is 14.5. The molecule has 1 aromatic rings. The van der Waals surface area contributed by atoms with Gasteiger partial charge in [0.25, 0.3) is 0 Å². The van der Waals surface area contributed by atoms with E-state index in [4.69, 9.17) is 20.2 Å². The molecule has 0 heterocycles. The Bertz CT molecular complexity index is 526. The summed E-state index contributed by atoms with van der Waals surface area (Å²) in [6.45, 7) is 6.86. The van der Waals surface area contributed by atoms with Crippen LogP contribution >= 0.6 is 10.7 Å². The number of benzene rings is 1. The largest absolute Gasteiger partial charge is 0.491 e. The second-order valence-corrected chi connectivity index (χ2v) is 7.31. The normalized spacial score (nSPS) is 11.6. The van der Waals surface area contributed by atoms with E-state index in [1.165, 1.54) is 5.56 Å². The number of hydrogen-bond acceptors (Lipinski definition) is 4. The zero-order valence-electron chi connectivity index (χ0n) is 11.4. The Morgan fingerprint density at radius 1 is 1.11 bits per heavy atom. The molecule has 0 bridgehead atoms. The van der Waals surface area contributed by atoms with Gasteiger partial charge in [-0.25, -0.2) is 8.42 Å². The monoisotopic (exact) mass is 306 g/mol. The smallest absolute Gasteiger partial charge is 0.234 e. The third kappa shape index (κ3) is 6.27. The predicted molar refractivity (Wildman–Crippen MR) is 76.6 cm³/mol. The Morgan fingerprint density at radius 3 is 2.42 bits per heavy atom. The minimum atomic E-state index is -3.48. The van der Waals surface area contributed by atoms with Gasteiger partial charge in [0.2, 0.25) is 9.05 Å². The number of hydrogen-bond donors (Lipinski definition) is 0. The molecule has 0 N–H and O–H groups in total. The fourth-order valence-electron chi connectivity index (χ4n) is 1.62. The van der Waals surface area contributed by atoms with Gasteiger partial charge in [0.15, 0.2) is 0 Å². The molecule has 0 amide bonds. The Morgan fingerprint density at radius 2 is 1.79 bits per heavy atom. The van der Waals surface area contributed by atoms with Crippen molar-refractivity contribution < 1.29 is 17.9 Å². The molecule has 108 valence electrons. The Hall–Kier alpha value is -0.780. The van der Waals surface area contributed by atoms with Crippen LogP contribution in [0.4, 0.5) is 0 Å². The SMILES string of the molecule is Cc1cc(C)c(C)c(OCCOCCS(=O)(=O)Cl)c1. The summed E-state index contributed by atoms with van der Waals surface area (Å²) in [4.78, 5) is 0. The maximum absolute atomic E-state index is 10.7. The van der Waals surface area contributed by atoms with Crippen molar-refractivity contribution in [3.05, 3.63) is 28.8 Å². The second kappa shape index (κ2) is 7.12. The molecule has 6 heteroatoms. The molecule has 0 fully saturated rings. The van der Waals surface area contributed by atoms with Gasteiger partial charge >= 0.3 is 0 Å². The van der Waals surface area contributed by atoms with E-state index in [2.05, 4.69) is 6.07 Å². The molecule has 0 saturated carbocycles. The third-order valence-corrected chi connectivity index (χ3v) is 3.84. The highest BCUT2D eigenvalue weighted by Crippen LogP contribution is 2.23. The van der Waals surface area contributed by atoms with Gasteiger partial charge in [-0.15, -0.1) is 0 Å².